The number of imidazole rings is 1. The van der Waals surface area contributed by atoms with Crippen LogP contribution in [0.15, 0.2) is 42.2 Å². The highest BCUT2D eigenvalue weighted by molar-refractivity contribution is 7.16. The van der Waals surface area contributed by atoms with Crippen molar-refractivity contribution in [1.82, 2.24) is 14.4 Å². The topological polar surface area (TPSA) is 59.3 Å². The van der Waals surface area contributed by atoms with E-state index >= 15 is 0 Å². The van der Waals surface area contributed by atoms with E-state index < -0.39 is 12.1 Å². The van der Waals surface area contributed by atoms with Crippen LogP contribution in [0.5, 0.6) is 0 Å². The number of carbonyl (C=O) groups excluding carboxylic acids is 1. The number of anilines is 1. The normalized spacial score (nSPS) is 19.2. The molecule has 1 aliphatic rings. The van der Waals surface area contributed by atoms with Gasteiger partial charge in [0.1, 0.15) is 11.8 Å². The molecule has 1 aliphatic carbocycles. The number of amides is 1. The molecule has 2 atom stereocenters. The molecule has 4 aromatic rings. The van der Waals surface area contributed by atoms with Gasteiger partial charge in [0.25, 0.3) is 0 Å². The van der Waals surface area contributed by atoms with E-state index in [2.05, 4.69) is 34.3 Å². The number of thiazole rings is 1. The first-order valence-electron chi connectivity index (χ1n) is 8.36. The monoisotopic (exact) mass is 366 g/mol. The second-order valence-electron chi connectivity index (χ2n) is 6.64. The first-order chi connectivity index (χ1) is 12.6. The number of hydrogen-bond acceptors (Lipinski definition) is 4. The van der Waals surface area contributed by atoms with Crippen molar-refractivity contribution in [3.63, 3.8) is 0 Å². The molecule has 0 bridgehead atoms. The second-order valence-corrected chi connectivity index (χ2v) is 7.53. The van der Waals surface area contributed by atoms with Crippen molar-refractivity contribution in [1.29, 1.82) is 0 Å². The Balaban J connectivity index is 1.50. The van der Waals surface area contributed by atoms with Crippen LogP contribution in [0.3, 0.4) is 0 Å². The van der Waals surface area contributed by atoms with E-state index in [1.165, 1.54) is 0 Å². The summed E-state index contributed by atoms with van der Waals surface area (Å²) >= 11 is 1.62. The van der Waals surface area contributed by atoms with E-state index in [0.29, 0.717) is 12.2 Å². The number of alkyl halides is 1. The maximum absolute atomic E-state index is 13.0. The number of halogens is 1. The summed E-state index contributed by atoms with van der Waals surface area (Å²) in [7, 11) is 0. The van der Waals surface area contributed by atoms with E-state index in [4.69, 9.17) is 0 Å². The Hall–Kier alpha value is -2.80. The molecule has 7 heteroatoms. The third kappa shape index (κ3) is 2.55. The van der Waals surface area contributed by atoms with Gasteiger partial charge in [-0.05, 0) is 54.3 Å². The molecule has 1 fully saturated rings. The Morgan fingerprint density at radius 2 is 2.19 bits per heavy atom. The standard InChI is InChI=1S/C19H15FN4OS/c1-10-4-15-16(26-9-21-15)6-12(10)11-2-3-18-22-17(8-24(18)7-11)23-19(25)13-5-14(13)20/h2-4,6-9,13-14H,5H2,1H3,(H,23,25)/t13-,14+/m1/s1. The lowest BCUT2D eigenvalue weighted by molar-refractivity contribution is -0.117. The van der Waals surface area contributed by atoms with E-state index in [0.717, 1.165) is 32.6 Å². The number of pyridine rings is 1. The number of aromatic nitrogens is 3. The van der Waals surface area contributed by atoms with Gasteiger partial charge < -0.3 is 9.72 Å². The van der Waals surface area contributed by atoms with Crippen LogP contribution < -0.4 is 5.32 Å². The van der Waals surface area contributed by atoms with Crippen molar-refractivity contribution in [2.75, 3.05) is 5.32 Å². The van der Waals surface area contributed by atoms with Crippen LogP contribution in [0.25, 0.3) is 27.0 Å². The highest BCUT2D eigenvalue weighted by Crippen LogP contribution is 2.35. The molecular formula is C19H15FN4OS. The number of nitrogens with zero attached hydrogens (tertiary/aromatic N) is 3. The first-order valence-corrected chi connectivity index (χ1v) is 9.24. The summed E-state index contributed by atoms with van der Waals surface area (Å²) < 4.78 is 16.0. The van der Waals surface area contributed by atoms with Crippen LogP contribution in [-0.2, 0) is 4.79 Å². The largest absolute Gasteiger partial charge is 0.309 e. The van der Waals surface area contributed by atoms with Gasteiger partial charge in [-0.15, -0.1) is 11.3 Å². The molecule has 1 N–H and O–H groups in total. The molecule has 1 aromatic carbocycles. The lowest BCUT2D eigenvalue weighted by atomic mass is 10.0. The fraction of sp³-hybridized carbons (Fsp3) is 0.211. The highest BCUT2D eigenvalue weighted by Gasteiger charge is 2.43. The van der Waals surface area contributed by atoms with E-state index in [-0.39, 0.29) is 5.91 Å². The smallest absolute Gasteiger partial charge is 0.231 e. The Morgan fingerprint density at radius 3 is 3.00 bits per heavy atom. The van der Waals surface area contributed by atoms with E-state index in [1.807, 2.05) is 28.2 Å². The van der Waals surface area contributed by atoms with Crippen LogP contribution >= 0.6 is 11.3 Å². The van der Waals surface area contributed by atoms with Crippen molar-refractivity contribution >= 4 is 38.9 Å². The summed E-state index contributed by atoms with van der Waals surface area (Å²) in [5.41, 5.74) is 6.94. The predicted octanol–water partition coefficient (Wildman–Crippen LogP) is 4.22. The van der Waals surface area contributed by atoms with Crippen molar-refractivity contribution < 1.29 is 9.18 Å². The van der Waals surface area contributed by atoms with Crippen LogP contribution in [0, 0.1) is 12.8 Å². The molecule has 1 saturated carbocycles. The maximum atomic E-state index is 13.0. The third-order valence-corrected chi connectivity index (χ3v) is 5.53. The first kappa shape index (κ1) is 15.5. The molecule has 0 unspecified atom stereocenters. The number of carbonyl (C=O) groups is 1. The van der Waals surface area contributed by atoms with Crippen molar-refractivity contribution in [3.05, 3.63) is 47.7 Å². The van der Waals surface area contributed by atoms with Gasteiger partial charge >= 0.3 is 0 Å². The van der Waals surface area contributed by atoms with Gasteiger partial charge in [0.2, 0.25) is 5.91 Å². The minimum absolute atomic E-state index is 0.298. The number of benzene rings is 1. The third-order valence-electron chi connectivity index (χ3n) is 4.74. The number of nitrogens with one attached hydrogen (secondary N) is 1. The Labute approximate surface area is 152 Å². The molecular weight excluding hydrogens is 351 g/mol. The molecule has 0 aliphatic heterocycles. The highest BCUT2D eigenvalue weighted by atomic mass is 32.1. The van der Waals surface area contributed by atoms with Gasteiger partial charge in [-0.25, -0.2) is 14.4 Å². The fourth-order valence-corrected chi connectivity index (χ4v) is 3.88. The molecule has 130 valence electrons. The summed E-state index contributed by atoms with van der Waals surface area (Å²) in [6.45, 7) is 2.07. The van der Waals surface area contributed by atoms with Crippen LogP contribution in [0.1, 0.15) is 12.0 Å². The average molecular weight is 366 g/mol. The fourth-order valence-electron chi connectivity index (χ4n) is 3.18. The Bertz CT molecular complexity index is 1160. The molecule has 1 amide bonds. The number of fused-ring (bicyclic) bond motifs is 2. The summed E-state index contributed by atoms with van der Waals surface area (Å²) in [5, 5.41) is 2.70. The van der Waals surface area contributed by atoms with E-state index in [1.54, 1.807) is 17.5 Å². The van der Waals surface area contributed by atoms with Gasteiger partial charge in [0.05, 0.1) is 27.8 Å². The van der Waals surface area contributed by atoms with Gasteiger partial charge in [-0.3, -0.25) is 4.79 Å². The number of hydrogen-bond donors (Lipinski definition) is 1. The Morgan fingerprint density at radius 1 is 1.35 bits per heavy atom. The summed E-state index contributed by atoms with van der Waals surface area (Å²) in [4.78, 5) is 20.6. The molecule has 0 radical (unpaired) electrons. The van der Waals surface area contributed by atoms with Crippen LogP contribution in [0.2, 0.25) is 0 Å². The summed E-state index contributed by atoms with van der Waals surface area (Å²) in [6.07, 6.45) is 3.04. The number of aryl methyl sites for hydroxylation is 1. The van der Waals surface area contributed by atoms with Gasteiger partial charge in [-0.2, -0.15) is 0 Å². The lowest BCUT2D eigenvalue weighted by Crippen LogP contribution is -2.15. The van der Waals surface area contributed by atoms with Crippen molar-refractivity contribution in [3.8, 4) is 11.1 Å². The molecule has 0 saturated heterocycles. The van der Waals surface area contributed by atoms with Gasteiger partial charge in [0.15, 0.2) is 5.82 Å². The quantitative estimate of drug-likeness (QED) is 0.591. The minimum Gasteiger partial charge on any atom is -0.309 e. The predicted molar refractivity (Wildman–Crippen MR) is 100 cm³/mol. The Kier molecular flexibility index (Phi) is 3.33. The summed E-state index contributed by atoms with van der Waals surface area (Å²) in [5.74, 6) is -0.377. The zero-order valence-corrected chi connectivity index (χ0v) is 14.8. The molecule has 5 rings (SSSR count). The zero-order valence-electron chi connectivity index (χ0n) is 13.9. The van der Waals surface area contributed by atoms with Crippen LogP contribution in [0.4, 0.5) is 10.2 Å². The second kappa shape index (κ2) is 5.60. The summed E-state index contributed by atoms with van der Waals surface area (Å²) in [6, 6.07) is 8.17. The van der Waals surface area contributed by atoms with Crippen molar-refractivity contribution in [2.45, 2.75) is 19.5 Å². The van der Waals surface area contributed by atoms with E-state index in [9.17, 15) is 9.18 Å². The molecule has 26 heavy (non-hydrogen) atoms. The van der Waals surface area contributed by atoms with Crippen LogP contribution in [-0.4, -0.2) is 26.4 Å². The molecule has 3 aromatic heterocycles. The number of rotatable bonds is 3. The minimum atomic E-state index is -1.01. The zero-order chi connectivity index (χ0) is 17.8. The molecule has 3 heterocycles. The van der Waals surface area contributed by atoms with Gasteiger partial charge in [-0.1, -0.05) is 0 Å². The van der Waals surface area contributed by atoms with Gasteiger partial charge in [0, 0.05) is 6.20 Å². The lowest BCUT2D eigenvalue weighted by Gasteiger charge is -2.07. The van der Waals surface area contributed by atoms with Crippen molar-refractivity contribution in [2.24, 2.45) is 5.92 Å². The molecule has 5 nitrogen and oxygen atoms in total. The maximum Gasteiger partial charge on any atom is 0.231 e. The SMILES string of the molecule is Cc1cc2ncsc2cc1-c1ccc2nc(NC(=O)[C@@H]3C[C@@H]3F)cn2c1. The molecule has 0 spiro atoms. The average Bonchev–Trinajstić information content (AvgIpc) is 3.02.